The quantitative estimate of drug-likeness (QED) is 0.548. The molecule has 0 spiro atoms. The van der Waals surface area contributed by atoms with Crippen molar-refractivity contribution >= 4 is 19.7 Å². The van der Waals surface area contributed by atoms with Gasteiger partial charge in [0.1, 0.15) is 0 Å². The van der Waals surface area contributed by atoms with Crippen molar-refractivity contribution < 1.29 is 8.85 Å². The van der Waals surface area contributed by atoms with Gasteiger partial charge >= 0.3 is 8.56 Å². The van der Waals surface area contributed by atoms with Crippen LogP contribution in [0.15, 0.2) is 71.1 Å². The Bertz CT molecular complexity index is 775. The lowest BCUT2D eigenvalue weighted by Crippen LogP contribution is -2.48. The van der Waals surface area contributed by atoms with Crippen molar-refractivity contribution in [1.82, 2.24) is 0 Å². The summed E-state index contributed by atoms with van der Waals surface area (Å²) in [6.07, 6.45) is 0.208. The van der Waals surface area contributed by atoms with Crippen molar-refractivity contribution in [1.29, 1.82) is 0 Å². The molecule has 0 radical (unpaired) electrons. The van der Waals surface area contributed by atoms with Crippen molar-refractivity contribution in [3.8, 4) is 0 Å². The predicted octanol–water partition coefficient (Wildman–Crippen LogP) is 6.32. The maximum absolute atomic E-state index is 6.64. The van der Waals surface area contributed by atoms with Crippen molar-refractivity contribution in [2.24, 2.45) is 0 Å². The van der Waals surface area contributed by atoms with E-state index in [9.17, 15) is 0 Å². The van der Waals surface area contributed by atoms with Gasteiger partial charge < -0.3 is 8.85 Å². The largest absolute Gasteiger partial charge is 0.399 e. The second-order valence-electron chi connectivity index (χ2n) is 7.68. The molecule has 0 aliphatic carbocycles. The molecule has 2 aromatic rings. The molecule has 0 atom stereocenters. The van der Waals surface area contributed by atoms with E-state index < -0.39 is 8.56 Å². The Balaban J connectivity index is 2.31. The Morgan fingerprint density at radius 2 is 0.926 bits per heavy atom. The summed E-state index contributed by atoms with van der Waals surface area (Å²) >= 11 is 0. The number of rotatable bonds is 6. The van der Waals surface area contributed by atoms with E-state index >= 15 is 0 Å². The summed E-state index contributed by atoms with van der Waals surface area (Å²) in [6.45, 7) is 12.8. The third kappa shape index (κ3) is 3.72. The molecular formula is C24H30O2Si. The lowest BCUT2D eigenvalue weighted by Gasteiger charge is -2.33. The summed E-state index contributed by atoms with van der Waals surface area (Å²) in [5.41, 5.74) is 4.99. The molecule has 0 amide bonds. The first kappa shape index (κ1) is 19.8. The molecule has 142 valence electrons. The van der Waals surface area contributed by atoms with Crippen LogP contribution in [0, 0.1) is 0 Å². The maximum atomic E-state index is 6.64. The number of benzene rings is 2. The third-order valence-corrected chi connectivity index (χ3v) is 9.00. The van der Waals surface area contributed by atoms with E-state index in [0.29, 0.717) is 0 Å². The van der Waals surface area contributed by atoms with Gasteiger partial charge in [0.05, 0.1) is 0 Å². The van der Waals surface area contributed by atoms with E-state index in [4.69, 9.17) is 8.85 Å². The molecule has 0 aromatic heterocycles. The van der Waals surface area contributed by atoms with Gasteiger partial charge in [0, 0.05) is 12.2 Å². The SMILES string of the molecule is CC1=C(c2ccccc2)C(c2ccccc2)=C(C)[Si]1(OC(C)C)OC(C)C. The van der Waals surface area contributed by atoms with Gasteiger partial charge in [-0.3, -0.25) is 0 Å². The summed E-state index contributed by atoms with van der Waals surface area (Å²) in [5, 5.41) is 2.51. The van der Waals surface area contributed by atoms with Crippen LogP contribution in [0.3, 0.4) is 0 Å². The van der Waals surface area contributed by atoms with Gasteiger partial charge in [-0.2, -0.15) is 0 Å². The minimum absolute atomic E-state index is 0.104. The summed E-state index contributed by atoms with van der Waals surface area (Å²) in [6, 6.07) is 21.3. The highest BCUT2D eigenvalue weighted by molar-refractivity contribution is 6.86. The van der Waals surface area contributed by atoms with Crippen LogP contribution in [-0.4, -0.2) is 20.8 Å². The minimum Gasteiger partial charge on any atom is -0.386 e. The minimum atomic E-state index is -2.70. The van der Waals surface area contributed by atoms with Crippen LogP contribution >= 0.6 is 0 Å². The zero-order valence-electron chi connectivity index (χ0n) is 17.2. The van der Waals surface area contributed by atoms with Crippen LogP contribution in [0.5, 0.6) is 0 Å². The normalized spacial score (nSPS) is 16.7. The standard InChI is InChI=1S/C24H30O2Si/c1-17(2)25-27(26-18(3)4)19(5)23(21-13-9-7-10-14-21)24(20(27)6)22-15-11-8-12-16-22/h7-18H,1-6H3. The molecule has 3 rings (SSSR count). The van der Waals surface area contributed by atoms with Crippen LogP contribution in [-0.2, 0) is 8.85 Å². The number of allylic oxidation sites excluding steroid dienone is 4. The molecule has 0 fully saturated rings. The average Bonchev–Trinajstić information content (AvgIpc) is 2.84. The van der Waals surface area contributed by atoms with E-state index in [1.54, 1.807) is 0 Å². The Morgan fingerprint density at radius 1 is 0.593 bits per heavy atom. The molecule has 0 N–H and O–H groups in total. The third-order valence-electron chi connectivity index (χ3n) is 4.92. The van der Waals surface area contributed by atoms with E-state index in [-0.39, 0.29) is 12.2 Å². The highest BCUT2D eigenvalue weighted by Crippen LogP contribution is 2.49. The van der Waals surface area contributed by atoms with Gasteiger partial charge in [-0.1, -0.05) is 60.7 Å². The van der Waals surface area contributed by atoms with Crippen LogP contribution in [0.4, 0.5) is 0 Å². The zero-order valence-corrected chi connectivity index (χ0v) is 18.2. The van der Waals surface area contributed by atoms with E-state index in [0.717, 1.165) is 0 Å². The fourth-order valence-electron chi connectivity index (χ4n) is 3.96. The molecule has 2 nitrogen and oxygen atoms in total. The van der Waals surface area contributed by atoms with Gasteiger partial charge in [0.2, 0.25) is 0 Å². The predicted molar refractivity (Wildman–Crippen MR) is 116 cm³/mol. The van der Waals surface area contributed by atoms with Gasteiger partial charge in [-0.25, -0.2) is 0 Å². The van der Waals surface area contributed by atoms with Gasteiger partial charge in [-0.15, -0.1) is 0 Å². The Hall–Kier alpha value is -1.94. The lowest BCUT2D eigenvalue weighted by molar-refractivity contribution is 0.119. The highest BCUT2D eigenvalue weighted by atomic mass is 28.4. The molecule has 3 heteroatoms. The van der Waals surface area contributed by atoms with Gasteiger partial charge in [0.25, 0.3) is 0 Å². The molecule has 0 saturated carbocycles. The van der Waals surface area contributed by atoms with Crippen molar-refractivity contribution in [2.45, 2.75) is 53.8 Å². The highest BCUT2D eigenvalue weighted by Gasteiger charge is 2.51. The lowest BCUT2D eigenvalue weighted by atomic mass is 9.92. The molecule has 0 bridgehead atoms. The van der Waals surface area contributed by atoms with Gasteiger partial charge in [-0.05, 0) is 74.2 Å². The molecule has 0 unspecified atom stereocenters. The number of hydrogen-bond acceptors (Lipinski definition) is 2. The van der Waals surface area contributed by atoms with Crippen molar-refractivity contribution in [3.63, 3.8) is 0 Å². The summed E-state index contributed by atoms with van der Waals surface area (Å²) in [5.74, 6) is 0. The monoisotopic (exact) mass is 378 g/mol. The first-order valence-corrected chi connectivity index (χ1v) is 11.6. The van der Waals surface area contributed by atoms with Crippen molar-refractivity contribution in [3.05, 3.63) is 82.2 Å². The molecule has 27 heavy (non-hydrogen) atoms. The summed E-state index contributed by atoms with van der Waals surface area (Å²) in [7, 11) is -2.70. The van der Waals surface area contributed by atoms with Crippen LogP contribution < -0.4 is 0 Å². The van der Waals surface area contributed by atoms with Crippen LogP contribution in [0.2, 0.25) is 0 Å². The molecule has 1 aliphatic heterocycles. The Morgan fingerprint density at radius 3 is 1.22 bits per heavy atom. The van der Waals surface area contributed by atoms with Crippen molar-refractivity contribution in [2.75, 3.05) is 0 Å². The zero-order chi connectivity index (χ0) is 19.6. The molecule has 1 heterocycles. The molecular weight excluding hydrogens is 348 g/mol. The van der Waals surface area contributed by atoms with E-state index in [2.05, 4.69) is 102 Å². The first-order valence-electron chi connectivity index (χ1n) is 9.76. The van der Waals surface area contributed by atoms with E-state index in [1.807, 2.05) is 0 Å². The summed E-state index contributed by atoms with van der Waals surface area (Å²) in [4.78, 5) is 0. The smallest absolute Gasteiger partial charge is 0.386 e. The second kappa shape index (κ2) is 7.97. The van der Waals surface area contributed by atoms with E-state index in [1.165, 1.54) is 32.7 Å². The topological polar surface area (TPSA) is 18.5 Å². The maximum Gasteiger partial charge on any atom is 0.399 e. The Kier molecular flexibility index (Phi) is 5.85. The van der Waals surface area contributed by atoms with Crippen LogP contribution in [0.1, 0.15) is 52.7 Å². The number of hydrogen-bond donors (Lipinski definition) is 0. The molecule has 0 saturated heterocycles. The first-order chi connectivity index (χ1) is 12.9. The van der Waals surface area contributed by atoms with Gasteiger partial charge in [0.15, 0.2) is 0 Å². The molecule has 1 aliphatic rings. The summed E-state index contributed by atoms with van der Waals surface area (Å²) < 4.78 is 13.3. The Labute approximate surface area is 164 Å². The molecule has 2 aromatic carbocycles. The second-order valence-corrected chi connectivity index (χ2v) is 10.9. The average molecular weight is 379 g/mol. The fourth-order valence-corrected chi connectivity index (χ4v) is 7.81. The fraction of sp³-hybridized carbons (Fsp3) is 0.333. The van der Waals surface area contributed by atoms with Crippen LogP contribution in [0.25, 0.3) is 11.1 Å².